The Morgan fingerprint density at radius 2 is 1.44 bits per heavy atom. The lowest BCUT2D eigenvalue weighted by Crippen LogP contribution is -2.15. The average molecular weight is 124 g/mol. The number of fused-ring (bicyclic) bond motifs is 2. The number of hydrogen-bond acceptors (Lipinski definition) is 2. The minimum Gasteiger partial charge on any atom is -0.187 e. The van der Waals surface area contributed by atoms with Gasteiger partial charge in [0.05, 0.1) is 11.1 Å². The molecule has 1 fully saturated rings. The molecular weight excluding hydrogens is 112 g/mol. The molecule has 0 amide bonds. The van der Waals surface area contributed by atoms with Gasteiger partial charge >= 0.3 is 0 Å². The molecule has 1 aliphatic heterocycles. The fraction of sp³-hybridized carbons (Fsp3) is 1.00. The Bertz CT molecular complexity index is 158. The van der Waals surface area contributed by atoms with Crippen molar-refractivity contribution in [2.75, 3.05) is 0 Å². The normalized spacial score (nSPS) is 54.9. The van der Waals surface area contributed by atoms with Gasteiger partial charge in [-0.3, -0.25) is 0 Å². The molecule has 0 radical (unpaired) electrons. The highest BCUT2D eigenvalue weighted by Gasteiger charge is 2.48. The molecule has 2 nitrogen and oxygen atoms in total. The number of hydrogen-bond donors (Lipinski definition) is 0. The van der Waals surface area contributed by atoms with Crippen molar-refractivity contribution in [2.45, 2.75) is 44.2 Å². The summed E-state index contributed by atoms with van der Waals surface area (Å²) < 4.78 is 0. The summed E-state index contributed by atoms with van der Waals surface area (Å²) in [6.07, 6.45) is 3.67. The van der Waals surface area contributed by atoms with Gasteiger partial charge in [-0.1, -0.05) is 0 Å². The van der Waals surface area contributed by atoms with Crippen LogP contribution < -0.4 is 0 Å². The van der Waals surface area contributed by atoms with Gasteiger partial charge in [-0.2, -0.15) is 10.2 Å². The molecule has 0 saturated heterocycles. The van der Waals surface area contributed by atoms with Crippen molar-refractivity contribution in [3.05, 3.63) is 0 Å². The fourth-order valence-corrected chi connectivity index (χ4v) is 1.95. The highest BCUT2D eigenvalue weighted by Crippen LogP contribution is 2.48. The standard InChI is InChI=1S/C7H12N2/c1-6-3-4-7(2,5-6)9-8-6/h3-5H2,1-2H3/t6-,7+. The topological polar surface area (TPSA) is 24.7 Å². The van der Waals surface area contributed by atoms with Crippen LogP contribution in [0.4, 0.5) is 0 Å². The van der Waals surface area contributed by atoms with Gasteiger partial charge in [-0.15, -0.1) is 0 Å². The second kappa shape index (κ2) is 1.20. The second-order valence-electron chi connectivity index (χ2n) is 3.87. The van der Waals surface area contributed by atoms with E-state index in [1.807, 2.05) is 0 Å². The van der Waals surface area contributed by atoms with E-state index >= 15 is 0 Å². The van der Waals surface area contributed by atoms with Crippen molar-refractivity contribution in [3.63, 3.8) is 0 Å². The predicted octanol–water partition coefficient (Wildman–Crippen LogP) is 2.15. The maximum Gasteiger partial charge on any atom is 0.0812 e. The Morgan fingerprint density at radius 3 is 1.56 bits per heavy atom. The van der Waals surface area contributed by atoms with E-state index in [1.165, 1.54) is 19.3 Å². The summed E-state index contributed by atoms with van der Waals surface area (Å²) in [5.41, 5.74) is 0.462. The van der Waals surface area contributed by atoms with Crippen LogP contribution in [0.25, 0.3) is 0 Å². The average Bonchev–Trinajstić information content (AvgIpc) is 2.19. The van der Waals surface area contributed by atoms with Crippen LogP contribution >= 0.6 is 0 Å². The van der Waals surface area contributed by atoms with Gasteiger partial charge in [0.1, 0.15) is 0 Å². The van der Waals surface area contributed by atoms with Gasteiger partial charge in [0, 0.05) is 6.42 Å². The van der Waals surface area contributed by atoms with Crippen molar-refractivity contribution in [3.8, 4) is 0 Å². The third-order valence-electron chi connectivity index (χ3n) is 2.50. The Morgan fingerprint density at radius 1 is 1.00 bits per heavy atom. The molecule has 0 aromatic carbocycles. The molecule has 0 aromatic rings. The van der Waals surface area contributed by atoms with Crippen LogP contribution in [0, 0.1) is 0 Å². The Kier molecular flexibility index (Phi) is 0.719. The maximum atomic E-state index is 4.23. The Hall–Kier alpha value is -0.400. The summed E-state index contributed by atoms with van der Waals surface area (Å²) in [6.45, 7) is 4.41. The molecule has 1 aliphatic carbocycles. The van der Waals surface area contributed by atoms with Crippen molar-refractivity contribution >= 4 is 0 Å². The van der Waals surface area contributed by atoms with Crippen molar-refractivity contribution in [1.82, 2.24) is 0 Å². The maximum absolute atomic E-state index is 4.23. The molecule has 0 N–H and O–H groups in total. The summed E-state index contributed by atoms with van der Waals surface area (Å²) in [5, 5.41) is 8.47. The molecule has 2 rings (SSSR count). The monoisotopic (exact) mass is 124 g/mol. The van der Waals surface area contributed by atoms with Gasteiger partial charge in [0.2, 0.25) is 0 Å². The quantitative estimate of drug-likeness (QED) is 0.472. The van der Waals surface area contributed by atoms with Crippen molar-refractivity contribution in [2.24, 2.45) is 10.2 Å². The van der Waals surface area contributed by atoms with Crippen LogP contribution in [0.1, 0.15) is 33.1 Å². The van der Waals surface area contributed by atoms with E-state index in [2.05, 4.69) is 24.1 Å². The highest BCUT2D eigenvalue weighted by molar-refractivity contribution is 5.07. The first-order valence-electron chi connectivity index (χ1n) is 3.56. The molecule has 2 heteroatoms. The molecule has 0 spiro atoms. The molecule has 9 heavy (non-hydrogen) atoms. The van der Waals surface area contributed by atoms with Crippen LogP contribution in [0.15, 0.2) is 10.2 Å². The lowest BCUT2D eigenvalue weighted by Gasteiger charge is -2.12. The third kappa shape index (κ3) is 0.620. The van der Waals surface area contributed by atoms with Crippen LogP contribution in [-0.2, 0) is 0 Å². The first kappa shape index (κ1) is 5.39. The first-order chi connectivity index (χ1) is 4.12. The van der Waals surface area contributed by atoms with Crippen LogP contribution in [-0.4, -0.2) is 11.1 Å². The number of azo groups is 1. The van der Waals surface area contributed by atoms with Crippen LogP contribution in [0.5, 0.6) is 0 Å². The van der Waals surface area contributed by atoms with E-state index in [4.69, 9.17) is 0 Å². The highest BCUT2D eigenvalue weighted by atomic mass is 15.3. The van der Waals surface area contributed by atoms with Crippen LogP contribution in [0.2, 0.25) is 0 Å². The van der Waals surface area contributed by atoms with Gasteiger partial charge in [-0.25, -0.2) is 0 Å². The van der Waals surface area contributed by atoms with Gasteiger partial charge < -0.3 is 0 Å². The van der Waals surface area contributed by atoms with E-state index in [1.54, 1.807) is 0 Å². The smallest absolute Gasteiger partial charge is 0.0812 e. The van der Waals surface area contributed by atoms with Crippen molar-refractivity contribution in [1.29, 1.82) is 0 Å². The molecule has 2 aliphatic rings. The number of rotatable bonds is 0. The lowest BCUT2D eigenvalue weighted by molar-refractivity contribution is 0.472. The first-order valence-corrected chi connectivity index (χ1v) is 3.56. The molecule has 1 heterocycles. The van der Waals surface area contributed by atoms with Gasteiger partial charge in [0.25, 0.3) is 0 Å². The van der Waals surface area contributed by atoms with E-state index in [-0.39, 0.29) is 11.1 Å². The SMILES string of the molecule is C[C@]12CC[C@](C)(C1)N=N2. The predicted molar refractivity (Wildman–Crippen MR) is 35.5 cm³/mol. The Balaban J connectivity index is 2.37. The molecule has 50 valence electrons. The minimum atomic E-state index is 0.231. The van der Waals surface area contributed by atoms with E-state index < -0.39 is 0 Å². The molecule has 0 aromatic heterocycles. The molecule has 2 bridgehead atoms. The third-order valence-corrected chi connectivity index (χ3v) is 2.50. The zero-order valence-corrected chi connectivity index (χ0v) is 6.02. The van der Waals surface area contributed by atoms with Crippen LogP contribution in [0.3, 0.4) is 0 Å². The fourth-order valence-electron chi connectivity index (χ4n) is 1.95. The van der Waals surface area contributed by atoms with E-state index in [0.717, 1.165) is 0 Å². The summed E-state index contributed by atoms with van der Waals surface area (Å²) in [7, 11) is 0. The van der Waals surface area contributed by atoms with E-state index in [0.29, 0.717) is 0 Å². The molecule has 2 atom stereocenters. The summed E-state index contributed by atoms with van der Waals surface area (Å²) in [5.74, 6) is 0. The summed E-state index contributed by atoms with van der Waals surface area (Å²) >= 11 is 0. The lowest BCUT2D eigenvalue weighted by atomic mass is 9.99. The van der Waals surface area contributed by atoms with Crippen molar-refractivity contribution < 1.29 is 0 Å². The molecule has 1 saturated carbocycles. The zero-order chi connectivity index (χ0) is 6.54. The zero-order valence-electron chi connectivity index (χ0n) is 6.02. The molecular formula is C7H12N2. The van der Waals surface area contributed by atoms with Gasteiger partial charge in [-0.05, 0) is 26.7 Å². The largest absolute Gasteiger partial charge is 0.187 e. The van der Waals surface area contributed by atoms with Gasteiger partial charge in [0.15, 0.2) is 0 Å². The second-order valence-corrected chi connectivity index (χ2v) is 3.87. The summed E-state index contributed by atoms with van der Waals surface area (Å²) in [4.78, 5) is 0. The minimum absolute atomic E-state index is 0.231. The van der Waals surface area contributed by atoms with E-state index in [9.17, 15) is 0 Å². The molecule has 0 unspecified atom stereocenters. The Labute approximate surface area is 55.4 Å². The summed E-state index contributed by atoms with van der Waals surface area (Å²) in [6, 6.07) is 0. The number of nitrogens with zero attached hydrogens (tertiary/aromatic N) is 2.